The lowest BCUT2D eigenvalue weighted by atomic mass is 10.1. The minimum atomic E-state index is -1.22. The zero-order valence-electron chi connectivity index (χ0n) is 11.4. The van der Waals surface area contributed by atoms with E-state index < -0.39 is 17.3 Å². The molecule has 0 saturated heterocycles. The number of carboxylic acids is 1. The molecule has 0 radical (unpaired) electrons. The van der Waals surface area contributed by atoms with Crippen molar-refractivity contribution in [3.05, 3.63) is 35.3 Å². The first-order chi connectivity index (χ1) is 10.0. The molecule has 0 atom stereocenters. The van der Waals surface area contributed by atoms with Crippen LogP contribution in [0.1, 0.15) is 18.5 Å². The maximum Gasteiger partial charge on any atom is 0.319 e. The van der Waals surface area contributed by atoms with Crippen LogP contribution in [0.15, 0.2) is 29.6 Å². The summed E-state index contributed by atoms with van der Waals surface area (Å²) in [5.74, 6) is -1.48. The first kappa shape index (κ1) is 13.8. The van der Waals surface area contributed by atoms with Gasteiger partial charge in [-0.2, -0.15) is 0 Å². The SMILES string of the molecule is Cc1csc(-c2ccc(NC(=O)C3(C(=O)O)CC3)cc2)n1. The predicted octanol–water partition coefficient (Wildman–Crippen LogP) is 2.92. The van der Waals surface area contributed by atoms with Crippen molar-refractivity contribution in [2.75, 3.05) is 5.32 Å². The van der Waals surface area contributed by atoms with Crippen molar-refractivity contribution >= 4 is 28.9 Å². The van der Waals surface area contributed by atoms with Gasteiger partial charge in [0.15, 0.2) is 0 Å². The number of nitrogens with zero attached hydrogens (tertiary/aromatic N) is 1. The molecule has 0 bridgehead atoms. The molecule has 5 nitrogen and oxygen atoms in total. The number of carboxylic acid groups (broad SMARTS) is 1. The van der Waals surface area contributed by atoms with E-state index >= 15 is 0 Å². The molecule has 0 spiro atoms. The van der Waals surface area contributed by atoms with Gasteiger partial charge in [-0.15, -0.1) is 11.3 Å². The third-order valence-electron chi connectivity index (χ3n) is 3.60. The van der Waals surface area contributed by atoms with Gasteiger partial charge in [0.1, 0.15) is 10.4 Å². The zero-order valence-corrected chi connectivity index (χ0v) is 12.2. The van der Waals surface area contributed by atoms with Gasteiger partial charge < -0.3 is 10.4 Å². The lowest BCUT2D eigenvalue weighted by Gasteiger charge is -2.10. The van der Waals surface area contributed by atoms with Crippen LogP contribution < -0.4 is 5.32 Å². The molecule has 1 aromatic carbocycles. The van der Waals surface area contributed by atoms with E-state index in [-0.39, 0.29) is 0 Å². The van der Waals surface area contributed by atoms with Crippen LogP contribution in [0, 0.1) is 12.3 Å². The van der Waals surface area contributed by atoms with Crippen LogP contribution in [0.3, 0.4) is 0 Å². The molecule has 1 fully saturated rings. The molecule has 1 amide bonds. The molecular formula is C15H14N2O3S. The Bertz CT molecular complexity index is 702. The summed E-state index contributed by atoms with van der Waals surface area (Å²) < 4.78 is 0. The van der Waals surface area contributed by atoms with Gasteiger partial charge in [-0.1, -0.05) is 0 Å². The smallest absolute Gasteiger partial charge is 0.319 e. The molecule has 2 N–H and O–H groups in total. The molecule has 1 aromatic heterocycles. The van der Waals surface area contributed by atoms with E-state index in [0.717, 1.165) is 16.3 Å². The summed E-state index contributed by atoms with van der Waals surface area (Å²) in [5, 5.41) is 14.7. The molecule has 1 aliphatic rings. The molecule has 1 saturated carbocycles. The number of anilines is 1. The van der Waals surface area contributed by atoms with Gasteiger partial charge in [-0.05, 0) is 44.0 Å². The second-order valence-electron chi connectivity index (χ2n) is 5.21. The maximum absolute atomic E-state index is 12.0. The van der Waals surface area contributed by atoms with Crippen molar-refractivity contribution in [1.82, 2.24) is 4.98 Å². The van der Waals surface area contributed by atoms with Crippen LogP contribution in [0.4, 0.5) is 5.69 Å². The average molecular weight is 302 g/mol. The molecule has 3 rings (SSSR count). The highest BCUT2D eigenvalue weighted by molar-refractivity contribution is 7.13. The van der Waals surface area contributed by atoms with Crippen LogP contribution in [0.2, 0.25) is 0 Å². The molecule has 1 aliphatic carbocycles. The number of amides is 1. The van der Waals surface area contributed by atoms with Crippen molar-refractivity contribution in [3.8, 4) is 10.6 Å². The van der Waals surface area contributed by atoms with E-state index in [1.165, 1.54) is 0 Å². The number of benzene rings is 1. The Morgan fingerprint density at radius 2 is 1.95 bits per heavy atom. The summed E-state index contributed by atoms with van der Waals surface area (Å²) in [7, 11) is 0. The number of carbonyl (C=O) groups is 2. The van der Waals surface area contributed by atoms with Crippen molar-refractivity contribution in [2.24, 2.45) is 5.41 Å². The Morgan fingerprint density at radius 1 is 1.29 bits per heavy atom. The molecule has 2 aromatic rings. The summed E-state index contributed by atoms with van der Waals surface area (Å²) in [4.78, 5) is 27.5. The first-order valence-electron chi connectivity index (χ1n) is 6.59. The number of nitrogens with one attached hydrogen (secondary N) is 1. The molecule has 6 heteroatoms. The van der Waals surface area contributed by atoms with E-state index in [1.54, 1.807) is 23.5 Å². The van der Waals surface area contributed by atoms with Crippen LogP contribution in [0.5, 0.6) is 0 Å². The van der Waals surface area contributed by atoms with Crippen LogP contribution in [-0.2, 0) is 9.59 Å². The number of aliphatic carboxylic acids is 1. The fourth-order valence-electron chi connectivity index (χ4n) is 2.10. The number of hydrogen-bond acceptors (Lipinski definition) is 4. The molecular weight excluding hydrogens is 288 g/mol. The number of rotatable bonds is 4. The Balaban J connectivity index is 1.73. The van der Waals surface area contributed by atoms with Crippen LogP contribution in [0.25, 0.3) is 10.6 Å². The molecule has 1 heterocycles. The first-order valence-corrected chi connectivity index (χ1v) is 7.47. The largest absolute Gasteiger partial charge is 0.480 e. The molecule has 0 unspecified atom stereocenters. The zero-order chi connectivity index (χ0) is 15.0. The predicted molar refractivity (Wildman–Crippen MR) is 80.2 cm³/mol. The highest BCUT2D eigenvalue weighted by Gasteiger charge is 2.57. The number of hydrogen-bond donors (Lipinski definition) is 2. The lowest BCUT2D eigenvalue weighted by molar-refractivity contribution is -0.147. The minimum Gasteiger partial charge on any atom is -0.480 e. The average Bonchev–Trinajstić information content (AvgIpc) is 3.17. The van der Waals surface area contributed by atoms with E-state index in [1.807, 2.05) is 24.4 Å². The number of carbonyl (C=O) groups excluding carboxylic acids is 1. The summed E-state index contributed by atoms with van der Waals surface area (Å²) in [6, 6.07) is 7.27. The summed E-state index contributed by atoms with van der Waals surface area (Å²) in [6.07, 6.45) is 0.815. The van der Waals surface area contributed by atoms with Crippen LogP contribution >= 0.6 is 11.3 Å². The van der Waals surface area contributed by atoms with E-state index in [4.69, 9.17) is 5.11 Å². The summed E-state index contributed by atoms with van der Waals surface area (Å²) in [6.45, 7) is 1.94. The second kappa shape index (κ2) is 4.96. The lowest BCUT2D eigenvalue weighted by Crippen LogP contribution is -2.31. The fraction of sp³-hybridized carbons (Fsp3) is 0.267. The van der Waals surface area contributed by atoms with Gasteiger partial charge in [0.25, 0.3) is 0 Å². The second-order valence-corrected chi connectivity index (χ2v) is 6.07. The third kappa shape index (κ3) is 2.54. The van der Waals surface area contributed by atoms with E-state index in [9.17, 15) is 9.59 Å². The van der Waals surface area contributed by atoms with Gasteiger partial charge in [0.2, 0.25) is 5.91 Å². The van der Waals surface area contributed by atoms with E-state index in [2.05, 4.69) is 10.3 Å². The molecule has 0 aliphatic heterocycles. The van der Waals surface area contributed by atoms with Gasteiger partial charge in [0, 0.05) is 22.3 Å². The van der Waals surface area contributed by atoms with Crippen molar-refractivity contribution in [1.29, 1.82) is 0 Å². The van der Waals surface area contributed by atoms with E-state index in [0.29, 0.717) is 18.5 Å². The van der Waals surface area contributed by atoms with Crippen molar-refractivity contribution in [2.45, 2.75) is 19.8 Å². The Hall–Kier alpha value is -2.21. The number of aromatic nitrogens is 1. The Kier molecular flexibility index (Phi) is 3.25. The quantitative estimate of drug-likeness (QED) is 0.851. The number of aryl methyl sites for hydroxylation is 1. The van der Waals surface area contributed by atoms with Gasteiger partial charge >= 0.3 is 5.97 Å². The highest BCUT2D eigenvalue weighted by atomic mass is 32.1. The van der Waals surface area contributed by atoms with Gasteiger partial charge in [-0.3, -0.25) is 9.59 Å². The van der Waals surface area contributed by atoms with Crippen molar-refractivity contribution in [3.63, 3.8) is 0 Å². The highest BCUT2D eigenvalue weighted by Crippen LogP contribution is 2.46. The molecule has 21 heavy (non-hydrogen) atoms. The minimum absolute atomic E-state index is 0.407. The normalized spacial score (nSPS) is 15.5. The Labute approximate surface area is 125 Å². The third-order valence-corrected chi connectivity index (χ3v) is 4.61. The summed E-state index contributed by atoms with van der Waals surface area (Å²) in [5.41, 5.74) is 1.34. The van der Waals surface area contributed by atoms with Gasteiger partial charge in [0.05, 0.1) is 0 Å². The maximum atomic E-state index is 12.0. The molecule has 108 valence electrons. The van der Waals surface area contributed by atoms with Crippen molar-refractivity contribution < 1.29 is 14.7 Å². The number of thiazole rings is 1. The summed E-state index contributed by atoms with van der Waals surface area (Å²) >= 11 is 1.56. The topological polar surface area (TPSA) is 79.3 Å². The monoisotopic (exact) mass is 302 g/mol. The fourth-order valence-corrected chi connectivity index (χ4v) is 2.90. The standard InChI is InChI=1S/C15H14N2O3S/c1-9-8-21-12(16-9)10-2-4-11(5-3-10)17-13(18)15(6-7-15)14(19)20/h2-5,8H,6-7H2,1H3,(H,17,18)(H,19,20). The van der Waals surface area contributed by atoms with Gasteiger partial charge in [-0.25, -0.2) is 4.98 Å². The van der Waals surface area contributed by atoms with Crippen LogP contribution in [-0.4, -0.2) is 22.0 Å². The Morgan fingerprint density at radius 3 is 2.43 bits per heavy atom.